The van der Waals surface area contributed by atoms with Crippen LogP contribution in [0.5, 0.6) is 5.75 Å². The number of hydrogen-bond donors (Lipinski definition) is 1. The van der Waals surface area contributed by atoms with Crippen LogP contribution in [0.1, 0.15) is 16.8 Å². The van der Waals surface area contributed by atoms with Crippen molar-refractivity contribution in [3.05, 3.63) is 39.5 Å². The molecule has 2 rings (SSSR count). The van der Waals surface area contributed by atoms with Gasteiger partial charge in [0, 0.05) is 16.2 Å². The Morgan fingerprint density at radius 1 is 1.37 bits per heavy atom. The Bertz CT molecular complexity index is 683. The maximum atomic E-state index is 9.17. The number of aromatic nitrogens is 1. The zero-order valence-corrected chi connectivity index (χ0v) is 12.6. The van der Waals surface area contributed by atoms with E-state index in [-0.39, 0.29) is 0 Å². The summed E-state index contributed by atoms with van der Waals surface area (Å²) in [6.45, 7) is 3.84. The van der Waals surface area contributed by atoms with Crippen molar-refractivity contribution in [3.8, 4) is 17.5 Å². The van der Waals surface area contributed by atoms with E-state index in [2.05, 4.69) is 22.0 Å². The molecule has 0 saturated carbocycles. The minimum Gasteiger partial charge on any atom is -0.497 e. The smallest absolute Gasteiger partial charge is 0.126 e. The Morgan fingerprint density at radius 3 is 2.58 bits per heavy atom. The summed E-state index contributed by atoms with van der Waals surface area (Å²) in [4.78, 5) is 0. The fraction of sp³-hybridized carbons (Fsp3) is 0.214. The molecule has 1 aromatic heterocycles. The third-order valence-corrected chi connectivity index (χ3v) is 3.93. The molecule has 1 aromatic carbocycles. The van der Waals surface area contributed by atoms with Crippen LogP contribution in [0.4, 0.5) is 5.82 Å². The second-order valence-corrected chi connectivity index (χ2v) is 5.09. The third-order valence-electron chi connectivity index (χ3n) is 3.26. The molecule has 0 fully saturated rings. The summed E-state index contributed by atoms with van der Waals surface area (Å²) in [6, 6.07) is 7.79. The molecule has 0 unspecified atom stereocenters. The van der Waals surface area contributed by atoms with Crippen molar-refractivity contribution in [2.45, 2.75) is 13.8 Å². The van der Waals surface area contributed by atoms with Gasteiger partial charge in [-0.05, 0) is 47.5 Å². The van der Waals surface area contributed by atoms with Crippen LogP contribution in [0.25, 0.3) is 5.69 Å². The van der Waals surface area contributed by atoms with E-state index in [0.29, 0.717) is 11.4 Å². The molecule has 0 aliphatic carbocycles. The molecule has 2 N–H and O–H groups in total. The van der Waals surface area contributed by atoms with Gasteiger partial charge in [0.1, 0.15) is 17.6 Å². The lowest BCUT2D eigenvalue weighted by atomic mass is 10.2. The van der Waals surface area contributed by atoms with Crippen LogP contribution in [0.3, 0.4) is 0 Å². The Balaban J connectivity index is 2.76. The van der Waals surface area contributed by atoms with Gasteiger partial charge in [0.25, 0.3) is 0 Å². The van der Waals surface area contributed by atoms with Crippen LogP contribution in [-0.4, -0.2) is 11.7 Å². The first kappa shape index (κ1) is 13.5. The first-order valence-corrected chi connectivity index (χ1v) is 6.52. The Labute approximate surface area is 120 Å². The zero-order chi connectivity index (χ0) is 14.2. The summed E-state index contributed by atoms with van der Waals surface area (Å²) in [6.07, 6.45) is 0. The average molecular weight is 320 g/mol. The van der Waals surface area contributed by atoms with Gasteiger partial charge in [-0.3, -0.25) is 4.57 Å². The number of hydrogen-bond acceptors (Lipinski definition) is 3. The zero-order valence-electron chi connectivity index (χ0n) is 11.0. The van der Waals surface area contributed by atoms with Crippen molar-refractivity contribution in [1.82, 2.24) is 4.57 Å². The molecule has 0 saturated heterocycles. The molecule has 2 aromatic rings. The number of ether oxygens (including phenoxy) is 1. The summed E-state index contributed by atoms with van der Waals surface area (Å²) >= 11 is 3.51. The van der Waals surface area contributed by atoms with Gasteiger partial charge in [-0.1, -0.05) is 0 Å². The fourth-order valence-corrected chi connectivity index (χ4v) is 2.50. The lowest BCUT2D eigenvalue weighted by Crippen LogP contribution is -2.03. The van der Waals surface area contributed by atoms with Crippen LogP contribution < -0.4 is 10.5 Å². The standard InChI is InChI=1S/C14H14BrN3O/c1-8-9(2)18(14(17)11(8)7-16)13-6-10(19-3)4-5-12(13)15/h4-6H,17H2,1-3H3. The summed E-state index contributed by atoms with van der Waals surface area (Å²) in [5.74, 6) is 1.19. The lowest BCUT2D eigenvalue weighted by molar-refractivity contribution is 0.414. The molecule has 0 spiro atoms. The van der Waals surface area contributed by atoms with Crippen molar-refractivity contribution >= 4 is 21.7 Å². The summed E-state index contributed by atoms with van der Waals surface area (Å²) < 4.78 is 7.99. The fourth-order valence-electron chi connectivity index (χ4n) is 2.08. The van der Waals surface area contributed by atoms with Crippen molar-refractivity contribution in [1.29, 1.82) is 5.26 Å². The third kappa shape index (κ3) is 2.08. The predicted octanol–water partition coefficient (Wildman–Crippen LogP) is 3.32. The summed E-state index contributed by atoms with van der Waals surface area (Å²) in [5, 5.41) is 9.17. The molecule has 0 bridgehead atoms. The minimum atomic E-state index is 0.450. The molecule has 0 aliphatic heterocycles. The minimum absolute atomic E-state index is 0.450. The highest BCUT2D eigenvalue weighted by molar-refractivity contribution is 9.10. The van der Waals surface area contributed by atoms with E-state index in [1.807, 2.05) is 36.6 Å². The first-order chi connectivity index (χ1) is 9.01. The van der Waals surface area contributed by atoms with Crippen LogP contribution in [-0.2, 0) is 0 Å². The molecule has 0 amide bonds. The van der Waals surface area contributed by atoms with E-state index in [9.17, 15) is 5.26 Å². The van der Waals surface area contributed by atoms with E-state index in [4.69, 9.17) is 10.5 Å². The monoisotopic (exact) mass is 319 g/mol. The second-order valence-electron chi connectivity index (χ2n) is 4.24. The first-order valence-electron chi connectivity index (χ1n) is 5.72. The molecule has 0 radical (unpaired) electrons. The highest BCUT2D eigenvalue weighted by Gasteiger charge is 2.18. The highest BCUT2D eigenvalue weighted by Crippen LogP contribution is 2.33. The van der Waals surface area contributed by atoms with Crippen molar-refractivity contribution in [3.63, 3.8) is 0 Å². The summed E-state index contributed by atoms with van der Waals surface area (Å²) in [7, 11) is 1.62. The number of halogens is 1. The van der Waals surface area contributed by atoms with Crippen LogP contribution in [0.2, 0.25) is 0 Å². The molecule has 98 valence electrons. The van der Waals surface area contributed by atoms with E-state index >= 15 is 0 Å². The Kier molecular flexibility index (Phi) is 3.54. The number of anilines is 1. The van der Waals surface area contributed by atoms with E-state index in [0.717, 1.165) is 27.2 Å². The normalized spacial score (nSPS) is 10.3. The Hall–Kier alpha value is -1.93. The van der Waals surface area contributed by atoms with Crippen LogP contribution >= 0.6 is 15.9 Å². The summed E-state index contributed by atoms with van der Waals surface area (Å²) in [5.41, 5.74) is 9.31. The van der Waals surface area contributed by atoms with Gasteiger partial charge in [0.15, 0.2) is 0 Å². The predicted molar refractivity (Wildman–Crippen MR) is 78.6 cm³/mol. The second kappa shape index (κ2) is 4.98. The topological polar surface area (TPSA) is 64.0 Å². The molecule has 19 heavy (non-hydrogen) atoms. The van der Waals surface area contributed by atoms with Gasteiger partial charge in [0.2, 0.25) is 0 Å². The van der Waals surface area contributed by atoms with Crippen LogP contribution in [0, 0.1) is 25.2 Å². The quantitative estimate of drug-likeness (QED) is 0.923. The average Bonchev–Trinajstić information content (AvgIpc) is 2.61. The van der Waals surface area contributed by atoms with E-state index in [1.165, 1.54) is 0 Å². The lowest BCUT2D eigenvalue weighted by Gasteiger charge is -2.12. The van der Waals surface area contributed by atoms with Gasteiger partial charge < -0.3 is 10.5 Å². The largest absolute Gasteiger partial charge is 0.497 e. The molecular weight excluding hydrogens is 306 g/mol. The van der Waals surface area contributed by atoms with Gasteiger partial charge in [-0.15, -0.1) is 0 Å². The Morgan fingerprint density at radius 2 is 2.05 bits per heavy atom. The SMILES string of the molecule is COc1ccc(Br)c(-n2c(C)c(C)c(C#N)c2N)c1. The molecule has 0 aliphatic rings. The van der Waals surface area contributed by atoms with E-state index < -0.39 is 0 Å². The molecule has 5 heteroatoms. The molecular formula is C14H14BrN3O. The van der Waals surface area contributed by atoms with Gasteiger partial charge in [-0.25, -0.2) is 0 Å². The van der Waals surface area contributed by atoms with Crippen LogP contribution in [0.15, 0.2) is 22.7 Å². The molecule has 1 heterocycles. The number of nitrogens with zero attached hydrogens (tertiary/aromatic N) is 2. The van der Waals surface area contributed by atoms with Crippen molar-refractivity contribution in [2.75, 3.05) is 12.8 Å². The number of nitrogens with two attached hydrogens (primary N) is 1. The number of nitrogen functional groups attached to an aromatic ring is 1. The number of benzene rings is 1. The number of methoxy groups -OCH3 is 1. The molecule has 4 nitrogen and oxygen atoms in total. The maximum absolute atomic E-state index is 9.17. The van der Waals surface area contributed by atoms with Gasteiger partial charge in [-0.2, -0.15) is 5.26 Å². The number of nitriles is 1. The highest BCUT2D eigenvalue weighted by atomic mass is 79.9. The van der Waals surface area contributed by atoms with Crippen molar-refractivity contribution < 1.29 is 4.74 Å². The van der Waals surface area contributed by atoms with Gasteiger partial charge in [0.05, 0.1) is 18.4 Å². The number of rotatable bonds is 2. The van der Waals surface area contributed by atoms with Gasteiger partial charge >= 0.3 is 0 Å². The maximum Gasteiger partial charge on any atom is 0.126 e. The molecule has 0 atom stereocenters. The van der Waals surface area contributed by atoms with Crippen molar-refractivity contribution in [2.24, 2.45) is 0 Å². The van der Waals surface area contributed by atoms with E-state index in [1.54, 1.807) is 7.11 Å².